The molecule has 21 heavy (non-hydrogen) atoms. The van der Waals surface area contributed by atoms with Crippen molar-refractivity contribution in [1.29, 1.82) is 0 Å². The van der Waals surface area contributed by atoms with Crippen LogP contribution in [0, 0.1) is 6.92 Å². The Morgan fingerprint density at radius 3 is 2.62 bits per heavy atom. The van der Waals surface area contributed by atoms with Gasteiger partial charge in [-0.05, 0) is 57.7 Å². The van der Waals surface area contributed by atoms with E-state index in [2.05, 4.69) is 48.7 Å². The summed E-state index contributed by atoms with van der Waals surface area (Å²) < 4.78 is 2.34. The summed E-state index contributed by atoms with van der Waals surface area (Å²) in [6.07, 6.45) is 4.62. The van der Waals surface area contributed by atoms with Crippen LogP contribution in [0.5, 0.6) is 0 Å². The van der Waals surface area contributed by atoms with Crippen LogP contribution < -0.4 is 5.01 Å². The summed E-state index contributed by atoms with van der Waals surface area (Å²) in [5, 5.41) is 2.51. The van der Waals surface area contributed by atoms with Gasteiger partial charge < -0.3 is 5.01 Å². The molecule has 1 aliphatic rings. The number of piperidine rings is 1. The van der Waals surface area contributed by atoms with Gasteiger partial charge in [-0.1, -0.05) is 6.07 Å². The van der Waals surface area contributed by atoms with E-state index in [1.54, 1.807) is 0 Å². The smallest absolute Gasteiger partial charge is 0.130 e. The molecule has 2 aromatic rings. The zero-order valence-electron chi connectivity index (χ0n) is 13.1. The van der Waals surface area contributed by atoms with E-state index in [4.69, 9.17) is 16.6 Å². The summed E-state index contributed by atoms with van der Waals surface area (Å²) >= 11 is 6.01. The number of hydrogen-bond acceptors (Lipinski definition) is 2. The summed E-state index contributed by atoms with van der Waals surface area (Å²) in [6, 6.07) is 7.62. The first kappa shape index (κ1) is 14.7. The van der Waals surface area contributed by atoms with Crippen LogP contribution in [0.2, 0.25) is 0 Å². The predicted molar refractivity (Wildman–Crippen MR) is 89.9 cm³/mol. The molecule has 0 bridgehead atoms. The number of benzene rings is 1. The summed E-state index contributed by atoms with van der Waals surface area (Å²) in [5.41, 5.74) is 3.55. The van der Waals surface area contributed by atoms with Crippen molar-refractivity contribution < 1.29 is 0 Å². The molecule has 2 unspecified atom stereocenters. The third kappa shape index (κ3) is 2.64. The van der Waals surface area contributed by atoms with E-state index >= 15 is 0 Å². The highest BCUT2D eigenvalue weighted by molar-refractivity contribution is 6.17. The van der Waals surface area contributed by atoms with Gasteiger partial charge in [-0.25, -0.2) is 9.66 Å². The fraction of sp³-hybridized carbons (Fsp3) is 0.588. The highest BCUT2D eigenvalue weighted by atomic mass is 35.5. The Kier molecular flexibility index (Phi) is 4.12. The first-order valence-electron chi connectivity index (χ1n) is 7.94. The average molecular weight is 306 g/mol. The Bertz CT molecular complexity index is 624. The number of aromatic nitrogens is 2. The van der Waals surface area contributed by atoms with Crippen molar-refractivity contribution in [3.8, 4) is 0 Å². The lowest BCUT2D eigenvalue weighted by Gasteiger charge is -2.42. The van der Waals surface area contributed by atoms with E-state index in [0.29, 0.717) is 18.0 Å². The quantitative estimate of drug-likeness (QED) is 0.799. The number of alkyl halides is 1. The van der Waals surface area contributed by atoms with Crippen LogP contribution in [-0.2, 0) is 6.42 Å². The van der Waals surface area contributed by atoms with Gasteiger partial charge in [0.1, 0.15) is 5.82 Å². The summed E-state index contributed by atoms with van der Waals surface area (Å²) in [4.78, 5) is 4.84. The molecular weight excluding hydrogens is 282 g/mol. The molecule has 0 amide bonds. The molecule has 3 nitrogen and oxygen atoms in total. The molecule has 0 saturated carbocycles. The third-order valence-electron chi connectivity index (χ3n) is 4.55. The Balaban J connectivity index is 2.16. The number of hydrogen-bond donors (Lipinski definition) is 0. The number of rotatable bonds is 3. The van der Waals surface area contributed by atoms with Crippen LogP contribution in [0.25, 0.3) is 11.0 Å². The zero-order chi connectivity index (χ0) is 15.0. The average Bonchev–Trinajstić information content (AvgIpc) is 2.77. The summed E-state index contributed by atoms with van der Waals surface area (Å²) in [6.45, 7) is 6.76. The van der Waals surface area contributed by atoms with Gasteiger partial charge in [-0.2, -0.15) is 0 Å². The first-order chi connectivity index (χ1) is 10.1. The van der Waals surface area contributed by atoms with Gasteiger partial charge in [0.05, 0.1) is 11.0 Å². The molecule has 2 atom stereocenters. The second-order valence-electron chi connectivity index (χ2n) is 6.28. The van der Waals surface area contributed by atoms with Gasteiger partial charge in [0.15, 0.2) is 0 Å². The standard InChI is InChI=1S/C17H24ClN3/c1-12-7-8-16-15(11-12)19-17(9-10-18)21(16)20-13(2)5-4-6-14(20)3/h7-8,11,13-14H,4-6,9-10H2,1-3H3. The van der Waals surface area contributed by atoms with E-state index in [-0.39, 0.29) is 0 Å². The third-order valence-corrected chi connectivity index (χ3v) is 4.74. The molecule has 4 heteroatoms. The van der Waals surface area contributed by atoms with Crippen molar-refractivity contribution in [3.63, 3.8) is 0 Å². The molecule has 3 rings (SSSR count). The molecule has 1 aromatic heterocycles. The van der Waals surface area contributed by atoms with E-state index in [1.807, 2.05) is 0 Å². The number of imidazole rings is 1. The van der Waals surface area contributed by atoms with Gasteiger partial charge in [0.25, 0.3) is 0 Å². The number of nitrogens with zero attached hydrogens (tertiary/aromatic N) is 3. The Hall–Kier alpha value is -1.22. The highest BCUT2D eigenvalue weighted by Gasteiger charge is 2.28. The van der Waals surface area contributed by atoms with Gasteiger partial charge in [0, 0.05) is 24.4 Å². The maximum Gasteiger partial charge on any atom is 0.130 e. The lowest BCUT2D eigenvalue weighted by Crippen LogP contribution is -2.51. The Morgan fingerprint density at radius 1 is 1.24 bits per heavy atom. The van der Waals surface area contributed by atoms with Crippen LogP contribution in [0.4, 0.5) is 0 Å². The predicted octanol–water partition coefficient (Wildman–Crippen LogP) is 4.02. The largest absolute Gasteiger partial charge is 0.306 e. The van der Waals surface area contributed by atoms with Crippen molar-refractivity contribution in [2.45, 2.75) is 58.5 Å². The fourth-order valence-corrected chi connectivity index (χ4v) is 3.70. The van der Waals surface area contributed by atoms with E-state index in [9.17, 15) is 0 Å². The second kappa shape index (κ2) is 5.88. The van der Waals surface area contributed by atoms with Gasteiger partial charge in [-0.3, -0.25) is 0 Å². The minimum atomic E-state index is 0.543. The van der Waals surface area contributed by atoms with Gasteiger partial charge in [-0.15, -0.1) is 11.6 Å². The molecule has 1 saturated heterocycles. The summed E-state index contributed by atoms with van der Waals surface area (Å²) in [7, 11) is 0. The number of halogens is 1. The van der Waals surface area contributed by atoms with E-state index < -0.39 is 0 Å². The normalized spacial score (nSPS) is 23.0. The molecule has 0 radical (unpaired) electrons. The molecule has 1 fully saturated rings. The van der Waals surface area contributed by atoms with Crippen molar-refractivity contribution in [2.75, 3.05) is 10.9 Å². The summed E-state index contributed by atoms with van der Waals surface area (Å²) in [5.74, 6) is 1.70. The maximum absolute atomic E-state index is 6.01. The Labute approximate surface area is 131 Å². The van der Waals surface area contributed by atoms with Crippen molar-refractivity contribution in [2.24, 2.45) is 0 Å². The molecule has 0 N–H and O–H groups in total. The molecule has 1 aliphatic heterocycles. The van der Waals surface area contributed by atoms with Gasteiger partial charge in [0.2, 0.25) is 0 Å². The van der Waals surface area contributed by atoms with Crippen LogP contribution in [0.1, 0.15) is 44.5 Å². The lowest BCUT2D eigenvalue weighted by atomic mass is 10.00. The molecule has 2 heterocycles. The molecule has 1 aromatic carbocycles. The molecular formula is C17H24ClN3. The molecule has 0 spiro atoms. The van der Waals surface area contributed by atoms with Crippen LogP contribution in [0.15, 0.2) is 18.2 Å². The second-order valence-corrected chi connectivity index (χ2v) is 6.66. The lowest BCUT2D eigenvalue weighted by molar-refractivity contribution is 0.336. The van der Waals surface area contributed by atoms with Crippen molar-refractivity contribution >= 4 is 22.6 Å². The minimum absolute atomic E-state index is 0.543. The van der Waals surface area contributed by atoms with Crippen molar-refractivity contribution in [3.05, 3.63) is 29.6 Å². The highest BCUT2D eigenvalue weighted by Crippen LogP contribution is 2.26. The number of aryl methyl sites for hydroxylation is 2. The van der Waals surface area contributed by atoms with Crippen LogP contribution in [0.3, 0.4) is 0 Å². The van der Waals surface area contributed by atoms with Crippen molar-refractivity contribution in [1.82, 2.24) is 9.66 Å². The number of fused-ring (bicyclic) bond motifs is 1. The maximum atomic E-state index is 6.01. The van der Waals surface area contributed by atoms with Crippen LogP contribution in [-0.4, -0.2) is 27.6 Å². The van der Waals surface area contributed by atoms with E-state index in [1.165, 1.54) is 30.3 Å². The Morgan fingerprint density at radius 2 is 1.95 bits per heavy atom. The minimum Gasteiger partial charge on any atom is -0.306 e. The topological polar surface area (TPSA) is 21.1 Å². The van der Waals surface area contributed by atoms with E-state index in [0.717, 1.165) is 17.8 Å². The fourth-order valence-electron chi connectivity index (χ4n) is 3.53. The zero-order valence-corrected chi connectivity index (χ0v) is 13.9. The van der Waals surface area contributed by atoms with Crippen LogP contribution >= 0.6 is 11.6 Å². The van der Waals surface area contributed by atoms with Gasteiger partial charge >= 0.3 is 0 Å². The molecule has 0 aliphatic carbocycles. The molecule has 114 valence electrons. The monoisotopic (exact) mass is 305 g/mol. The SMILES string of the molecule is Cc1ccc2c(c1)nc(CCCl)n2N1C(C)CCCC1C. The first-order valence-corrected chi connectivity index (χ1v) is 8.48.